The second-order valence-electron chi connectivity index (χ2n) is 4.60. The summed E-state index contributed by atoms with van der Waals surface area (Å²) < 4.78 is 10.7. The van der Waals surface area contributed by atoms with Gasteiger partial charge in [0.2, 0.25) is 6.79 Å². The van der Waals surface area contributed by atoms with Gasteiger partial charge in [-0.05, 0) is 41.8 Å². The predicted molar refractivity (Wildman–Crippen MR) is 75.7 cm³/mol. The summed E-state index contributed by atoms with van der Waals surface area (Å²) in [6.45, 7) is 3.27. The van der Waals surface area contributed by atoms with Gasteiger partial charge in [0.05, 0.1) is 0 Å². The third-order valence-corrected chi connectivity index (χ3v) is 3.27. The summed E-state index contributed by atoms with van der Waals surface area (Å²) in [5.74, 6) is 1.67. The molecule has 0 radical (unpaired) electrons. The average molecular weight is 255 g/mol. The summed E-state index contributed by atoms with van der Waals surface area (Å²) in [6, 6.07) is 14.6. The van der Waals surface area contributed by atoms with E-state index in [2.05, 4.69) is 42.6 Å². The highest BCUT2D eigenvalue weighted by Crippen LogP contribution is 2.32. The van der Waals surface area contributed by atoms with Gasteiger partial charge in [0.15, 0.2) is 11.5 Å². The normalized spacial score (nSPS) is 12.5. The van der Waals surface area contributed by atoms with E-state index in [9.17, 15) is 0 Å². The lowest BCUT2D eigenvalue weighted by Gasteiger charge is -2.08. The molecule has 3 heteroatoms. The fraction of sp³-hybridized carbons (Fsp3) is 0.250. The van der Waals surface area contributed by atoms with Crippen LogP contribution in [0.3, 0.4) is 0 Å². The van der Waals surface area contributed by atoms with Gasteiger partial charge in [-0.25, -0.2) is 0 Å². The number of hydrogen-bond acceptors (Lipinski definition) is 3. The van der Waals surface area contributed by atoms with Crippen molar-refractivity contribution in [2.45, 2.75) is 19.9 Å². The quantitative estimate of drug-likeness (QED) is 0.905. The topological polar surface area (TPSA) is 30.5 Å². The van der Waals surface area contributed by atoms with E-state index >= 15 is 0 Å². The monoisotopic (exact) mass is 255 g/mol. The van der Waals surface area contributed by atoms with Crippen LogP contribution in [0.15, 0.2) is 42.5 Å². The second-order valence-corrected chi connectivity index (χ2v) is 4.60. The Bertz CT molecular complexity index is 581. The molecule has 1 N–H and O–H groups in total. The molecule has 3 nitrogen and oxygen atoms in total. The fourth-order valence-electron chi connectivity index (χ4n) is 2.16. The zero-order chi connectivity index (χ0) is 13.1. The molecule has 0 atom stereocenters. The van der Waals surface area contributed by atoms with Gasteiger partial charge in [-0.15, -0.1) is 0 Å². The van der Waals surface area contributed by atoms with Gasteiger partial charge >= 0.3 is 0 Å². The molecule has 0 amide bonds. The number of nitrogens with one attached hydrogen (secondary N) is 1. The van der Waals surface area contributed by atoms with E-state index in [1.54, 1.807) is 0 Å². The number of fused-ring (bicyclic) bond motifs is 1. The van der Waals surface area contributed by atoms with Crippen LogP contribution in [-0.4, -0.2) is 6.79 Å². The van der Waals surface area contributed by atoms with Crippen molar-refractivity contribution in [2.24, 2.45) is 0 Å². The van der Waals surface area contributed by atoms with Crippen molar-refractivity contribution < 1.29 is 9.47 Å². The zero-order valence-corrected chi connectivity index (χ0v) is 11.0. The molecule has 0 bridgehead atoms. The number of rotatable bonds is 4. The Balaban J connectivity index is 1.68. The summed E-state index contributed by atoms with van der Waals surface area (Å²) in [4.78, 5) is 0. The van der Waals surface area contributed by atoms with Crippen molar-refractivity contribution in [1.29, 1.82) is 0 Å². The molecule has 0 aliphatic carbocycles. The van der Waals surface area contributed by atoms with Crippen LogP contribution in [0.5, 0.6) is 11.5 Å². The van der Waals surface area contributed by atoms with Gasteiger partial charge in [0.1, 0.15) is 0 Å². The number of hydrogen-bond donors (Lipinski definition) is 1. The highest BCUT2D eigenvalue weighted by molar-refractivity contribution is 5.48. The molecule has 0 saturated carbocycles. The minimum atomic E-state index is 0.324. The minimum absolute atomic E-state index is 0.324. The molecular formula is C16H17NO2. The Morgan fingerprint density at radius 3 is 2.79 bits per heavy atom. The van der Waals surface area contributed by atoms with Crippen LogP contribution in [0.2, 0.25) is 0 Å². The molecule has 0 fully saturated rings. The lowest BCUT2D eigenvalue weighted by molar-refractivity contribution is 0.174. The van der Waals surface area contributed by atoms with Gasteiger partial charge in [0, 0.05) is 12.2 Å². The third kappa shape index (κ3) is 2.65. The van der Waals surface area contributed by atoms with E-state index in [-0.39, 0.29) is 0 Å². The fourth-order valence-corrected chi connectivity index (χ4v) is 2.16. The first-order chi connectivity index (χ1) is 9.35. The summed E-state index contributed by atoms with van der Waals surface area (Å²) in [5.41, 5.74) is 3.68. The maximum atomic E-state index is 5.38. The molecule has 19 heavy (non-hydrogen) atoms. The highest BCUT2D eigenvalue weighted by atomic mass is 16.7. The molecule has 0 spiro atoms. The van der Waals surface area contributed by atoms with Crippen molar-refractivity contribution in [3.05, 3.63) is 53.6 Å². The average Bonchev–Trinajstić information content (AvgIpc) is 2.93. The summed E-state index contributed by atoms with van der Waals surface area (Å²) >= 11 is 0. The third-order valence-electron chi connectivity index (χ3n) is 3.27. The second kappa shape index (κ2) is 5.22. The van der Waals surface area contributed by atoms with Crippen molar-refractivity contribution >= 4 is 5.69 Å². The molecule has 98 valence electrons. The van der Waals surface area contributed by atoms with Gasteiger partial charge in [0.25, 0.3) is 0 Å². The molecule has 1 heterocycles. The molecule has 2 aromatic carbocycles. The Labute approximate surface area is 113 Å². The Morgan fingerprint density at radius 1 is 1.00 bits per heavy atom. The Hall–Kier alpha value is -2.16. The van der Waals surface area contributed by atoms with Crippen molar-refractivity contribution in [1.82, 2.24) is 0 Å². The first-order valence-corrected chi connectivity index (χ1v) is 6.56. The Morgan fingerprint density at radius 2 is 1.89 bits per heavy atom. The van der Waals surface area contributed by atoms with Crippen LogP contribution < -0.4 is 14.8 Å². The van der Waals surface area contributed by atoms with Crippen LogP contribution in [0, 0.1) is 0 Å². The first-order valence-electron chi connectivity index (χ1n) is 6.56. The highest BCUT2D eigenvalue weighted by Gasteiger charge is 2.12. The van der Waals surface area contributed by atoms with Crippen molar-refractivity contribution in [2.75, 3.05) is 12.1 Å². The minimum Gasteiger partial charge on any atom is -0.454 e. The molecular weight excluding hydrogens is 238 g/mol. The zero-order valence-electron chi connectivity index (χ0n) is 11.0. The molecule has 1 aliphatic rings. The largest absolute Gasteiger partial charge is 0.454 e. The lowest BCUT2D eigenvalue weighted by atomic mass is 10.1. The maximum absolute atomic E-state index is 5.38. The first kappa shape index (κ1) is 11.9. The van der Waals surface area contributed by atoms with Crippen LogP contribution in [0.25, 0.3) is 0 Å². The molecule has 2 aromatic rings. The van der Waals surface area contributed by atoms with E-state index in [0.29, 0.717) is 6.79 Å². The van der Waals surface area contributed by atoms with Gasteiger partial charge in [-0.2, -0.15) is 0 Å². The number of anilines is 1. The van der Waals surface area contributed by atoms with Crippen molar-refractivity contribution in [3.63, 3.8) is 0 Å². The van der Waals surface area contributed by atoms with E-state index in [1.165, 1.54) is 11.1 Å². The van der Waals surface area contributed by atoms with Crippen LogP contribution >= 0.6 is 0 Å². The lowest BCUT2D eigenvalue weighted by Crippen LogP contribution is -1.99. The standard InChI is InChI=1S/C16H17NO2/c1-2-12-4-3-5-14(8-12)17-10-13-6-7-15-16(9-13)19-11-18-15/h3-9,17H,2,10-11H2,1H3. The summed E-state index contributed by atoms with van der Waals surface area (Å²) in [6.07, 6.45) is 1.06. The maximum Gasteiger partial charge on any atom is 0.231 e. The summed E-state index contributed by atoms with van der Waals surface area (Å²) in [7, 11) is 0. The van der Waals surface area contributed by atoms with E-state index < -0.39 is 0 Å². The van der Waals surface area contributed by atoms with E-state index in [1.807, 2.05) is 12.1 Å². The molecule has 3 rings (SSSR count). The van der Waals surface area contributed by atoms with Gasteiger partial charge in [-0.1, -0.05) is 25.1 Å². The van der Waals surface area contributed by atoms with Crippen molar-refractivity contribution in [3.8, 4) is 11.5 Å². The molecule has 0 saturated heterocycles. The number of ether oxygens (including phenoxy) is 2. The smallest absolute Gasteiger partial charge is 0.231 e. The number of aryl methyl sites for hydroxylation is 1. The molecule has 1 aliphatic heterocycles. The van der Waals surface area contributed by atoms with E-state index in [0.717, 1.165) is 30.2 Å². The molecule has 0 aromatic heterocycles. The van der Waals surface area contributed by atoms with E-state index in [4.69, 9.17) is 9.47 Å². The van der Waals surface area contributed by atoms with Gasteiger partial charge in [-0.3, -0.25) is 0 Å². The summed E-state index contributed by atoms with van der Waals surface area (Å²) in [5, 5.41) is 3.43. The van der Waals surface area contributed by atoms with Crippen LogP contribution in [0.4, 0.5) is 5.69 Å². The van der Waals surface area contributed by atoms with Gasteiger partial charge < -0.3 is 14.8 Å². The Kier molecular flexibility index (Phi) is 3.27. The van der Waals surface area contributed by atoms with Crippen LogP contribution in [0.1, 0.15) is 18.1 Å². The number of benzene rings is 2. The molecule has 0 unspecified atom stereocenters. The SMILES string of the molecule is CCc1cccc(NCc2ccc3c(c2)OCO3)c1. The predicted octanol–water partition coefficient (Wildman–Crippen LogP) is 3.59. The van der Waals surface area contributed by atoms with Crippen LogP contribution in [-0.2, 0) is 13.0 Å².